The summed E-state index contributed by atoms with van der Waals surface area (Å²) < 4.78 is 0. The van der Waals surface area contributed by atoms with Crippen LogP contribution in [0, 0.1) is 0 Å². The highest BCUT2D eigenvalue weighted by Gasteiger charge is 1.92. The summed E-state index contributed by atoms with van der Waals surface area (Å²) in [7, 11) is 0. The molecule has 0 aromatic carbocycles. The van der Waals surface area contributed by atoms with Gasteiger partial charge >= 0.3 is 0 Å². The smallest absolute Gasteiger partial charge is 0.0138 e. The van der Waals surface area contributed by atoms with Crippen LogP contribution in [0.25, 0.3) is 0 Å². The fraction of sp³-hybridized carbons (Fsp3) is 0.500. The van der Waals surface area contributed by atoms with Crippen molar-refractivity contribution in [3.63, 3.8) is 0 Å². The molecule has 0 aliphatic rings. The lowest BCUT2D eigenvalue weighted by atomic mass is 10.1. The molecular weight excluding hydrogens is 240 g/mol. The third kappa shape index (κ3) is 10.6. The van der Waals surface area contributed by atoms with Crippen LogP contribution in [0.4, 0.5) is 0 Å². The third-order valence-electron chi connectivity index (χ3n) is 3.58. The normalized spacial score (nSPS) is 15.3. The first kappa shape index (κ1) is 18.7. The van der Waals surface area contributed by atoms with Crippen LogP contribution in [0.15, 0.2) is 58.7 Å². The topological polar surface area (TPSA) is 0 Å². The molecule has 0 saturated heterocycles. The molecule has 0 nitrogen and oxygen atoms in total. The molecule has 0 atom stereocenters. The van der Waals surface area contributed by atoms with E-state index in [1.807, 2.05) is 0 Å². The van der Waals surface area contributed by atoms with Gasteiger partial charge in [0.25, 0.3) is 0 Å². The Balaban J connectivity index is 4.19. The van der Waals surface area contributed by atoms with Crippen LogP contribution >= 0.6 is 0 Å². The first-order valence-corrected chi connectivity index (χ1v) is 7.73. The highest BCUT2D eigenvalue weighted by atomic mass is 14.0. The van der Waals surface area contributed by atoms with Gasteiger partial charge in [-0.2, -0.15) is 0 Å². The average molecular weight is 272 g/mol. The predicted octanol–water partition coefficient (Wildman–Crippen LogP) is 6.93. The zero-order valence-corrected chi connectivity index (χ0v) is 14.3. The maximum atomic E-state index is 2.26. The van der Waals surface area contributed by atoms with Gasteiger partial charge in [0.1, 0.15) is 0 Å². The van der Waals surface area contributed by atoms with Crippen LogP contribution < -0.4 is 0 Å². The van der Waals surface area contributed by atoms with Crippen molar-refractivity contribution in [3.05, 3.63) is 58.7 Å². The molecule has 0 fully saturated rings. The van der Waals surface area contributed by atoms with E-state index in [1.54, 1.807) is 0 Å². The lowest BCUT2D eigenvalue weighted by molar-refractivity contribution is 0.802. The molecular formula is C20H32. The van der Waals surface area contributed by atoms with Gasteiger partial charge in [0, 0.05) is 0 Å². The maximum Gasteiger partial charge on any atom is -0.0138 e. The number of allylic oxidation sites excluding steroid dienone is 10. The summed E-state index contributed by atoms with van der Waals surface area (Å²) in [5, 5.41) is 0. The lowest BCUT2D eigenvalue weighted by Crippen LogP contribution is -1.81. The molecule has 0 heterocycles. The van der Waals surface area contributed by atoms with E-state index >= 15 is 0 Å². The second-order valence-electron chi connectivity index (χ2n) is 5.65. The van der Waals surface area contributed by atoms with Gasteiger partial charge in [-0.05, 0) is 67.2 Å². The van der Waals surface area contributed by atoms with E-state index in [0.29, 0.717) is 0 Å². The summed E-state index contributed by atoms with van der Waals surface area (Å²) in [5.74, 6) is 0. The first-order valence-electron chi connectivity index (χ1n) is 7.73. The fourth-order valence-electron chi connectivity index (χ4n) is 1.75. The van der Waals surface area contributed by atoms with Crippen LogP contribution in [0.2, 0.25) is 0 Å². The molecule has 0 aliphatic heterocycles. The number of hydrogen-bond acceptors (Lipinski definition) is 0. The quantitative estimate of drug-likeness (QED) is 0.332. The molecule has 0 spiro atoms. The van der Waals surface area contributed by atoms with Crippen LogP contribution in [0.1, 0.15) is 67.2 Å². The van der Waals surface area contributed by atoms with Crippen molar-refractivity contribution in [2.45, 2.75) is 67.2 Å². The molecule has 0 unspecified atom stereocenters. The van der Waals surface area contributed by atoms with Gasteiger partial charge < -0.3 is 0 Å². The van der Waals surface area contributed by atoms with E-state index in [2.05, 4.69) is 78.0 Å². The van der Waals surface area contributed by atoms with Crippen molar-refractivity contribution >= 4 is 0 Å². The second-order valence-corrected chi connectivity index (χ2v) is 5.65. The highest BCUT2D eigenvalue weighted by molar-refractivity contribution is 5.24. The van der Waals surface area contributed by atoms with E-state index in [4.69, 9.17) is 0 Å². The Labute approximate surface area is 126 Å². The molecule has 0 rings (SSSR count). The van der Waals surface area contributed by atoms with E-state index in [9.17, 15) is 0 Å². The molecule has 20 heavy (non-hydrogen) atoms. The Morgan fingerprint density at radius 3 is 1.95 bits per heavy atom. The van der Waals surface area contributed by atoms with Crippen molar-refractivity contribution in [1.29, 1.82) is 0 Å². The Morgan fingerprint density at radius 2 is 1.35 bits per heavy atom. The summed E-state index contributed by atoms with van der Waals surface area (Å²) in [6.07, 6.45) is 18.0. The SMILES string of the molecule is CC=C(C)C/C=C/C(C)=C/C=C(C)CCCC(C)=CC. The minimum Gasteiger partial charge on any atom is -0.0887 e. The molecule has 0 heteroatoms. The van der Waals surface area contributed by atoms with Gasteiger partial charge in [0.2, 0.25) is 0 Å². The molecule has 112 valence electrons. The van der Waals surface area contributed by atoms with E-state index in [0.717, 1.165) is 6.42 Å². The minimum absolute atomic E-state index is 1.05. The molecule has 0 aliphatic carbocycles. The minimum atomic E-state index is 1.05. The number of rotatable bonds is 8. The summed E-state index contributed by atoms with van der Waals surface area (Å²) in [4.78, 5) is 0. The molecule has 0 aromatic rings. The summed E-state index contributed by atoms with van der Waals surface area (Å²) in [6.45, 7) is 13.0. The Bertz CT molecular complexity index is 411. The fourth-order valence-corrected chi connectivity index (χ4v) is 1.75. The van der Waals surface area contributed by atoms with Crippen molar-refractivity contribution in [1.82, 2.24) is 0 Å². The van der Waals surface area contributed by atoms with E-state index in [1.165, 1.54) is 41.6 Å². The molecule has 0 radical (unpaired) electrons. The largest absolute Gasteiger partial charge is 0.0887 e. The van der Waals surface area contributed by atoms with Crippen molar-refractivity contribution in [2.24, 2.45) is 0 Å². The monoisotopic (exact) mass is 272 g/mol. The van der Waals surface area contributed by atoms with Gasteiger partial charge in [-0.15, -0.1) is 0 Å². The van der Waals surface area contributed by atoms with Crippen molar-refractivity contribution in [3.8, 4) is 0 Å². The first-order chi connectivity index (χ1) is 9.49. The highest BCUT2D eigenvalue weighted by Crippen LogP contribution is 2.12. The van der Waals surface area contributed by atoms with Crippen LogP contribution in [-0.4, -0.2) is 0 Å². The van der Waals surface area contributed by atoms with Gasteiger partial charge in [0.05, 0.1) is 0 Å². The average Bonchev–Trinajstić information content (AvgIpc) is 2.44. The Morgan fingerprint density at radius 1 is 0.750 bits per heavy atom. The zero-order valence-electron chi connectivity index (χ0n) is 14.3. The lowest BCUT2D eigenvalue weighted by Gasteiger charge is -2.01. The van der Waals surface area contributed by atoms with Gasteiger partial charge in [-0.25, -0.2) is 0 Å². The molecule has 0 aromatic heterocycles. The Kier molecular flexibility index (Phi) is 10.8. The van der Waals surface area contributed by atoms with E-state index < -0.39 is 0 Å². The third-order valence-corrected chi connectivity index (χ3v) is 3.58. The van der Waals surface area contributed by atoms with Gasteiger partial charge in [-0.3, -0.25) is 0 Å². The molecule has 0 saturated carbocycles. The zero-order chi connectivity index (χ0) is 15.4. The standard InChI is InChI=1S/C20H32/c1-7-17(3)11-9-13-19(5)15-16-20(6)14-10-12-18(4)8-2/h7-9,13,15-16H,10-12,14H2,1-6H3/b13-9+,17-7?,18-8?,19-15+,20-16?. The van der Waals surface area contributed by atoms with Crippen LogP contribution in [0.5, 0.6) is 0 Å². The molecule has 0 bridgehead atoms. The van der Waals surface area contributed by atoms with Crippen LogP contribution in [0.3, 0.4) is 0 Å². The van der Waals surface area contributed by atoms with Gasteiger partial charge in [-0.1, -0.05) is 58.7 Å². The summed E-state index contributed by atoms with van der Waals surface area (Å²) >= 11 is 0. The predicted molar refractivity (Wildman–Crippen MR) is 94.0 cm³/mol. The molecule has 0 N–H and O–H groups in total. The summed E-state index contributed by atoms with van der Waals surface area (Å²) in [6, 6.07) is 0. The van der Waals surface area contributed by atoms with Crippen molar-refractivity contribution < 1.29 is 0 Å². The van der Waals surface area contributed by atoms with E-state index in [-0.39, 0.29) is 0 Å². The van der Waals surface area contributed by atoms with Crippen molar-refractivity contribution in [2.75, 3.05) is 0 Å². The Hall–Kier alpha value is -1.30. The maximum absolute atomic E-state index is 2.26. The molecule has 0 amide bonds. The summed E-state index contributed by atoms with van der Waals surface area (Å²) in [5.41, 5.74) is 5.69. The van der Waals surface area contributed by atoms with Gasteiger partial charge in [0.15, 0.2) is 0 Å². The number of hydrogen-bond donors (Lipinski definition) is 0. The second kappa shape index (κ2) is 11.5. The van der Waals surface area contributed by atoms with Crippen LogP contribution in [-0.2, 0) is 0 Å².